The molecule has 0 bridgehead atoms. The number of aromatic amines is 1. The van der Waals surface area contributed by atoms with Gasteiger partial charge >= 0.3 is 0 Å². The Hall–Kier alpha value is -3.28. The first kappa shape index (κ1) is 18.1. The predicted octanol–water partition coefficient (Wildman–Crippen LogP) is 3.03. The summed E-state index contributed by atoms with van der Waals surface area (Å²) in [5.41, 5.74) is 1.99. The molecule has 3 aromatic rings. The third-order valence-corrected chi connectivity index (χ3v) is 5.11. The van der Waals surface area contributed by atoms with E-state index in [-0.39, 0.29) is 23.4 Å². The normalized spacial score (nSPS) is 14.9. The molecular formula is C22H22N4O2. The maximum Gasteiger partial charge on any atom is 0.251 e. The second kappa shape index (κ2) is 8.17. The Bertz CT molecular complexity index is 998. The van der Waals surface area contributed by atoms with Crippen molar-refractivity contribution >= 4 is 5.91 Å². The molecule has 1 aliphatic rings. The molecule has 1 aliphatic carbocycles. The van der Waals surface area contributed by atoms with Crippen molar-refractivity contribution in [1.29, 1.82) is 0 Å². The van der Waals surface area contributed by atoms with Crippen molar-refractivity contribution in [2.75, 3.05) is 0 Å². The third-order valence-electron chi connectivity index (χ3n) is 5.11. The highest BCUT2D eigenvalue weighted by Crippen LogP contribution is 2.28. The quantitative estimate of drug-likeness (QED) is 0.694. The minimum atomic E-state index is -0.236. The van der Waals surface area contributed by atoms with Crippen molar-refractivity contribution in [2.24, 2.45) is 5.92 Å². The molecule has 142 valence electrons. The van der Waals surface area contributed by atoms with Gasteiger partial charge in [-0.2, -0.15) is 0 Å². The number of nitrogens with one attached hydrogen (secondary N) is 2. The highest BCUT2D eigenvalue weighted by molar-refractivity contribution is 5.79. The molecule has 1 aromatic carbocycles. The number of hydrogen-bond acceptors (Lipinski definition) is 4. The van der Waals surface area contributed by atoms with E-state index in [1.165, 1.54) is 6.07 Å². The van der Waals surface area contributed by atoms with Gasteiger partial charge in [-0.1, -0.05) is 42.8 Å². The fraction of sp³-hybridized carbons (Fsp3) is 0.273. The van der Waals surface area contributed by atoms with Gasteiger partial charge in [0.25, 0.3) is 5.56 Å². The first-order valence-electron chi connectivity index (χ1n) is 9.56. The van der Waals surface area contributed by atoms with Crippen LogP contribution in [-0.2, 0) is 11.2 Å². The standard InChI is InChI=1S/C22H22N4O2/c27-20-14-17(24-21(26-20)18-11-4-5-12-23-18)13-19(15-7-2-1-3-8-15)25-22(28)16-9-6-10-16/h1-5,7-8,11-12,14,16,19H,6,9-10,13H2,(H,25,28)(H,24,26,27)/t19-/m0/s1. The van der Waals surface area contributed by atoms with E-state index in [2.05, 4.69) is 20.3 Å². The third kappa shape index (κ3) is 4.17. The number of amides is 1. The van der Waals surface area contributed by atoms with Gasteiger partial charge in [0.05, 0.1) is 11.7 Å². The Morgan fingerprint density at radius 2 is 1.93 bits per heavy atom. The second-order valence-corrected chi connectivity index (χ2v) is 7.10. The van der Waals surface area contributed by atoms with Crippen molar-refractivity contribution < 1.29 is 4.79 Å². The number of aromatic nitrogens is 3. The number of carbonyl (C=O) groups is 1. The molecule has 1 amide bonds. The molecule has 1 atom stereocenters. The van der Waals surface area contributed by atoms with Gasteiger partial charge in [-0.05, 0) is 30.5 Å². The van der Waals surface area contributed by atoms with E-state index >= 15 is 0 Å². The van der Waals surface area contributed by atoms with Gasteiger partial charge < -0.3 is 10.3 Å². The minimum absolute atomic E-state index is 0.0786. The van der Waals surface area contributed by atoms with Crippen LogP contribution in [0, 0.1) is 5.92 Å². The van der Waals surface area contributed by atoms with Crippen molar-refractivity contribution in [1.82, 2.24) is 20.3 Å². The molecule has 0 aliphatic heterocycles. The zero-order valence-corrected chi connectivity index (χ0v) is 15.5. The Balaban J connectivity index is 1.62. The largest absolute Gasteiger partial charge is 0.349 e. The highest BCUT2D eigenvalue weighted by Gasteiger charge is 2.27. The van der Waals surface area contributed by atoms with Crippen LogP contribution in [-0.4, -0.2) is 20.9 Å². The van der Waals surface area contributed by atoms with Crippen molar-refractivity contribution in [2.45, 2.75) is 31.7 Å². The first-order valence-corrected chi connectivity index (χ1v) is 9.56. The van der Waals surface area contributed by atoms with Gasteiger partial charge in [-0.3, -0.25) is 14.6 Å². The molecule has 2 aromatic heterocycles. The maximum atomic E-state index is 12.5. The smallest absolute Gasteiger partial charge is 0.251 e. The average molecular weight is 374 g/mol. The number of H-pyrrole nitrogens is 1. The zero-order valence-electron chi connectivity index (χ0n) is 15.5. The molecule has 1 saturated carbocycles. The number of benzene rings is 1. The molecule has 0 spiro atoms. The van der Waals surface area contributed by atoms with E-state index in [1.807, 2.05) is 42.5 Å². The number of nitrogens with zero attached hydrogens (tertiary/aromatic N) is 2. The summed E-state index contributed by atoms with van der Waals surface area (Å²) in [6, 6.07) is 16.5. The van der Waals surface area contributed by atoms with Crippen molar-refractivity contribution in [3.05, 3.63) is 82.4 Å². The van der Waals surface area contributed by atoms with Crippen LogP contribution in [0.5, 0.6) is 0 Å². The van der Waals surface area contributed by atoms with Crippen LogP contribution in [0.4, 0.5) is 0 Å². The molecule has 0 saturated heterocycles. The summed E-state index contributed by atoms with van der Waals surface area (Å²) in [6.07, 6.45) is 5.10. The second-order valence-electron chi connectivity index (χ2n) is 7.10. The lowest BCUT2D eigenvalue weighted by atomic mass is 9.84. The van der Waals surface area contributed by atoms with Gasteiger partial charge in [0.1, 0.15) is 5.69 Å². The molecule has 28 heavy (non-hydrogen) atoms. The van der Waals surface area contributed by atoms with Gasteiger partial charge in [-0.25, -0.2) is 4.98 Å². The van der Waals surface area contributed by atoms with E-state index in [0.29, 0.717) is 23.6 Å². The lowest BCUT2D eigenvalue weighted by Crippen LogP contribution is -2.38. The first-order chi connectivity index (χ1) is 13.7. The van der Waals surface area contributed by atoms with Crippen LogP contribution in [0.1, 0.15) is 36.6 Å². The Morgan fingerprint density at radius 1 is 1.14 bits per heavy atom. The van der Waals surface area contributed by atoms with Gasteiger partial charge in [0.2, 0.25) is 5.91 Å². The van der Waals surface area contributed by atoms with Crippen molar-refractivity contribution in [3.8, 4) is 11.5 Å². The zero-order chi connectivity index (χ0) is 19.3. The van der Waals surface area contributed by atoms with Gasteiger partial charge in [0, 0.05) is 24.6 Å². The van der Waals surface area contributed by atoms with E-state index in [1.54, 1.807) is 12.3 Å². The molecule has 2 heterocycles. The molecule has 6 nitrogen and oxygen atoms in total. The molecule has 6 heteroatoms. The summed E-state index contributed by atoms with van der Waals surface area (Å²) in [6.45, 7) is 0. The minimum Gasteiger partial charge on any atom is -0.349 e. The monoisotopic (exact) mass is 374 g/mol. The maximum absolute atomic E-state index is 12.5. The number of hydrogen-bond donors (Lipinski definition) is 2. The predicted molar refractivity (Wildman–Crippen MR) is 106 cm³/mol. The summed E-state index contributed by atoms with van der Waals surface area (Å²) in [5.74, 6) is 0.609. The van der Waals surface area contributed by atoms with Crippen molar-refractivity contribution in [3.63, 3.8) is 0 Å². The number of rotatable bonds is 6. The van der Waals surface area contributed by atoms with Crippen LogP contribution >= 0.6 is 0 Å². The summed E-state index contributed by atoms with van der Waals surface area (Å²) in [4.78, 5) is 36.3. The van der Waals surface area contributed by atoms with Crippen LogP contribution in [0.3, 0.4) is 0 Å². The highest BCUT2D eigenvalue weighted by atomic mass is 16.2. The fourth-order valence-corrected chi connectivity index (χ4v) is 3.34. The summed E-state index contributed by atoms with van der Waals surface area (Å²) < 4.78 is 0. The molecule has 0 unspecified atom stereocenters. The molecule has 4 rings (SSSR count). The van der Waals surface area contributed by atoms with Crippen LogP contribution in [0.15, 0.2) is 65.6 Å². The number of pyridine rings is 1. The van der Waals surface area contributed by atoms with Crippen LogP contribution < -0.4 is 10.9 Å². The molecule has 2 N–H and O–H groups in total. The SMILES string of the molecule is O=C(N[C@@H](Cc1cc(=O)[nH]c(-c2ccccn2)n1)c1ccccc1)C1CCC1. The van der Waals surface area contributed by atoms with Gasteiger partial charge in [0.15, 0.2) is 5.82 Å². The lowest BCUT2D eigenvalue weighted by molar-refractivity contribution is -0.128. The fourth-order valence-electron chi connectivity index (χ4n) is 3.34. The van der Waals surface area contributed by atoms with Gasteiger partial charge in [-0.15, -0.1) is 0 Å². The Kier molecular flexibility index (Phi) is 5.28. The topological polar surface area (TPSA) is 87.7 Å². The number of carbonyl (C=O) groups excluding carboxylic acids is 1. The molecule has 0 radical (unpaired) electrons. The summed E-state index contributed by atoms with van der Waals surface area (Å²) in [7, 11) is 0. The molecular weight excluding hydrogens is 352 g/mol. The van der Waals surface area contributed by atoms with Crippen LogP contribution in [0.25, 0.3) is 11.5 Å². The van der Waals surface area contributed by atoms with E-state index in [4.69, 9.17) is 0 Å². The molecule has 1 fully saturated rings. The van der Waals surface area contributed by atoms with E-state index < -0.39 is 0 Å². The Morgan fingerprint density at radius 3 is 2.61 bits per heavy atom. The van der Waals surface area contributed by atoms with Crippen LogP contribution in [0.2, 0.25) is 0 Å². The summed E-state index contributed by atoms with van der Waals surface area (Å²) in [5, 5.41) is 3.16. The van der Waals surface area contributed by atoms with E-state index in [0.717, 1.165) is 24.8 Å². The average Bonchev–Trinajstić information content (AvgIpc) is 2.67. The lowest BCUT2D eigenvalue weighted by Gasteiger charge is -2.27. The summed E-state index contributed by atoms with van der Waals surface area (Å²) >= 11 is 0. The van der Waals surface area contributed by atoms with E-state index in [9.17, 15) is 9.59 Å². The Labute approximate surface area is 163 Å².